The van der Waals surface area contributed by atoms with Crippen molar-refractivity contribution in [2.24, 2.45) is 0 Å². The van der Waals surface area contributed by atoms with Gasteiger partial charge in [0.2, 0.25) is 5.91 Å². The van der Waals surface area contributed by atoms with Crippen LogP contribution in [-0.2, 0) is 11.3 Å². The number of hydrogen-bond acceptors (Lipinski definition) is 3. The van der Waals surface area contributed by atoms with Gasteiger partial charge in [0, 0.05) is 35.9 Å². The van der Waals surface area contributed by atoms with Gasteiger partial charge in [0.25, 0.3) is 5.91 Å². The molecule has 2 aromatic rings. The lowest BCUT2D eigenvalue weighted by Gasteiger charge is -2.46. The summed E-state index contributed by atoms with van der Waals surface area (Å²) in [7, 11) is 0. The topological polar surface area (TPSA) is 61.4 Å². The molecule has 0 aromatic heterocycles. The third-order valence-electron chi connectivity index (χ3n) is 6.15. The molecule has 1 aliphatic carbocycles. The predicted molar refractivity (Wildman–Crippen MR) is 115 cm³/mol. The Balaban J connectivity index is 1.42. The van der Waals surface area contributed by atoms with E-state index in [1.165, 1.54) is 30.9 Å². The summed E-state index contributed by atoms with van der Waals surface area (Å²) in [5, 5.41) is 5.92. The quantitative estimate of drug-likeness (QED) is 0.740. The van der Waals surface area contributed by atoms with E-state index < -0.39 is 0 Å². The molecule has 0 bridgehead atoms. The van der Waals surface area contributed by atoms with Gasteiger partial charge in [0.1, 0.15) is 0 Å². The van der Waals surface area contributed by atoms with Crippen LogP contribution in [0.3, 0.4) is 0 Å². The number of benzene rings is 2. The van der Waals surface area contributed by atoms with Crippen LogP contribution in [0.2, 0.25) is 0 Å². The lowest BCUT2D eigenvalue weighted by atomic mass is 9.74. The number of carbonyl (C=O) groups is 2. The first-order valence-corrected chi connectivity index (χ1v) is 10.2. The highest BCUT2D eigenvalue weighted by Gasteiger charge is 2.49. The molecule has 150 valence electrons. The van der Waals surface area contributed by atoms with E-state index in [4.69, 9.17) is 0 Å². The fourth-order valence-electron chi connectivity index (χ4n) is 4.55. The van der Waals surface area contributed by atoms with Crippen LogP contribution in [0.5, 0.6) is 0 Å². The van der Waals surface area contributed by atoms with Gasteiger partial charge >= 0.3 is 0 Å². The maximum atomic E-state index is 12.8. The minimum absolute atomic E-state index is 0.0965. The van der Waals surface area contributed by atoms with Gasteiger partial charge in [-0.2, -0.15) is 0 Å². The van der Waals surface area contributed by atoms with Gasteiger partial charge in [0.15, 0.2) is 0 Å². The Morgan fingerprint density at radius 2 is 1.93 bits per heavy atom. The fourth-order valence-corrected chi connectivity index (χ4v) is 4.55. The van der Waals surface area contributed by atoms with Crippen molar-refractivity contribution in [3.63, 3.8) is 0 Å². The Bertz CT molecular complexity index is 905. The lowest BCUT2D eigenvalue weighted by molar-refractivity contribution is -0.111. The van der Waals surface area contributed by atoms with Gasteiger partial charge in [-0.3, -0.25) is 14.5 Å². The van der Waals surface area contributed by atoms with Crippen LogP contribution in [0, 0.1) is 0 Å². The smallest absolute Gasteiger partial charge is 0.251 e. The maximum absolute atomic E-state index is 12.8. The highest BCUT2D eigenvalue weighted by Crippen LogP contribution is 2.46. The molecule has 29 heavy (non-hydrogen) atoms. The monoisotopic (exact) mass is 389 g/mol. The SMILES string of the molecule is C=CC(=O)Nc1cccc(C(=O)NC2CN(Cc3ccccc3)C3(CCC3)C2)c1. The molecule has 1 aliphatic heterocycles. The molecule has 5 nitrogen and oxygen atoms in total. The Hall–Kier alpha value is -2.92. The summed E-state index contributed by atoms with van der Waals surface area (Å²) in [6.45, 7) is 5.25. The van der Waals surface area contributed by atoms with E-state index in [-0.39, 0.29) is 23.4 Å². The van der Waals surface area contributed by atoms with E-state index in [0.29, 0.717) is 11.3 Å². The second kappa shape index (κ2) is 8.21. The zero-order valence-electron chi connectivity index (χ0n) is 16.6. The first kappa shape index (κ1) is 19.4. The lowest BCUT2D eigenvalue weighted by Crippen LogP contribution is -2.48. The van der Waals surface area contributed by atoms with Gasteiger partial charge in [0.05, 0.1) is 0 Å². The Kier molecular flexibility index (Phi) is 5.49. The van der Waals surface area contributed by atoms with Gasteiger partial charge < -0.3 is 10.6 Å². The average Bonchev–Trinajstić information content (AvgIpc) is 3.07. The van der Waals surface area contributed by atoms with E-state index in [1.54, 1.807) is 24.3 Å². The number of anilines is 1. The van der Waals surface area contributed by atoms with Crippen molar-refractivity contribution in [2.45, 2.75) is 43.8 Å². The molecule has 1 spiro atoms. The highest BCUT2D eigenvalue weighted by molar-refractivity contribution is 6.00. The second-order valence-electron chi connectivity index (χ2n) is 8.09. The molecule has 1 saturated heterocycles. The molecule has 2 amide bonds. The fraction of sp³-hybridized carbons (Fsp3) is 0.333. The van der Waals surface area contributed by atoms with Crippen LogP contribution >= 0.6 is 0 Å². The summed E-state index contributed by atoms with van der Waals surface area (Å²) in [6.07, 6.45) is 5.88. The summed E-state index contributed by atoms with van der Waals surface area (Å²) in [5.41, 5.74) is 2.69. The number of carbonyl (C=O) groups excluding carboxylic acids is 2. The van der Waals surface area contributed by atoms with Crippen molar-refractivity contribution < 1.29 is 9.59 Å². The van der Waals surface area contributed by atoms with Crippen molar-refractivity contribution >= 4 is 17.5 Å². The Morgan fingerprint density at radius 3 is 2.62 bits per heavy atom. The predicted octanol–water partition coefficient (Wildman–Crippen LogP) is 3.74. The highest BCUT2D eigenvalue weighted by atomic mass is 16.2. The van der Waals surface area contributed by atoms with Gasteiger partial charge in [-0.05, 0) is 55.5 Å². The first-order valence-electron chi connectivity index (χ1n) is 10.2. The van der Waals surface area contributed by atoms with Crippen molar-refractivity contribution in [3.05, 3.63) is 78.4 Å². The zero-order chi connectivity index (χ0) is 20.3. The minimum Gasteiger partial charge on any atom is -0.348 e. The Morgan fingerprint density at radius 1 is 1.14 bits per heavy atom. The summed E-state index contributed by atoms with van der Waals surface area (Å²) in [4.78, 5) is 26.9. The van der Waals surface area contributed by atoms with E-state index >= 15 is 0 Å². The molecule has 2 aromatic carbocycles. The van der Waals surface area contributed by atoms with Gasteiger partial charge in [-0.1, -0.05) is 43.0 Å². The van der Waals surface area contributed by atoms with Crippen molar-refractivity contribution in [2.75, 3.05) is 11.9 Å². The van der Waals surface area contributed by atoms with Crippen LogP contribution in [0.25, 0.3) is 0 Å². The van der Waals surface area contributed by atoms with E-state index in [9.17, 15) is 9.59 Å². The number of nitrogens with one attached hydrogen (secondary N) is 2. The normalized spacial score (nSPS) is 20.1. The molecule has 2 N–H and O–H groups in total. The molecule has 5 heteroatoms. The van der Waals surface area contributed by atoms with Crippen molar-refractivity contribution in [1.29, 1.82) is 0 Å². The number of amides is 2. The average molecular weight is 389 g/mol. The van der Waals surface area contributed by atoms with Crippen molar-refractivity contribution in [1.82, 2.24) is 10.2 Å². The molecule has 2 fully saturated rings. The van der Waals surface area contributed by atoms with Gasteiger partial charge in [-0.25, -0.2) is 0 Å². The molecule has 1 unspecified atom stereocenters. The number of nitrogens with zero attached hydrogens (tertiary/aromatic N) is 1. The van der Waals surface area contributed by atoms with Crippen molar-refractivity contribution in [3.8, 4) is 0 Å². The Labute approximate surface area is 171 Å². The van der Waals surface area contributed by atoms with Crippen LogP contribution in [0.4, 0.5) is 5.69 Å². The summed E-state index contributed by atoms with van der Waals surface area (Å²) in [5.74, 6) is -0.387. The molecule has 2 aliphatic rings. The third-order valence-corrected chi connectivity index (χ3v) is 6.15. The first-order chi connectivity index (χ1) is 14.1. The largest absolute Gasteiger partial charge is 0.348 e. The standard InChI is InChI=1S/C24H27N3O2/c1-2-22(28)25-20-11-6-10-19(14-20)23(29)26-21-15-24(12-7-13-24)27(17-21)16-18-8-4-3-5-9-18/h2-6,8-11,14,21H,1,7,12-13,15-17H2,(H,25,28)(H,26,29). The molecular weight excluding hydrogens is 362 g/mol. The summed E-state index contributed by atoms with van der Waals surface area (Å²) >= 11 is 0. The maximum Gasteiger partial charge on any atom is 0.251 e. The van der Waals surface area contributed by atoms with E-state index in [2.05, 4.69) is 46.4 Å². The molecule has 0 radical (unpaired) electrons. The zero-order valence-corrected chi connectivity index (χ0v) is 16.6. The van der Waals surface area contributed by atoms with Gasteiger partial charge in [-0.15, -0.1) is 0 Å². The number of rotatable bonds is 6. The van der Waals surface area contributed by atoms with Crippen LogP contribution in [0.15, 0.2) is 67.3 Å². The molecular formula is C24H27N3O2. The molecule has 1 saturated carbocycles. The van der Waals surface area contributed by atoms with Crippen LogP contribution < -0.4 is 10.6 Å². The molecule has 1 atom stereocenters. The van der Waals surface area contributed by atoms with E-state index in [0.717, 1.165) is 19.5 Å². The third kappa shape index (κ3) is 4.25. The summed E-state index contributed by atoms with van der Waals surface area (Å²) < 4.78 is 0. The minimum atomic E-state index is -0.290. The molecule has 4 rings (SSSR count). The van der Waals surface area contributed by atoms with Crippen LogP contribution in [-0.4, -0.2) is 34.8 Å². The second-order valence-corrected chi connectivity index (χ2v) is 8.09. The van der Waals surface area contributed by atoms with Crippen LogP contribution in [0.1, 0.15) is 41.6 Å². The van der Waals surface area contributed by atoms with E-state index in [1.807, 2.05) is 6.07 Å². The summed E-state index contributed by atoms with van der Waals surface area (Å²) in [6, 6.07) is 17.7. The number of hydrogen-bond donors (Lipinski definition) is 2. The molecule has 1 heterocycles. The number of likely N-dealkylation sites (tertiary alicyclic amines) is 1.